The lowest BCUT2D eigenvalue weighted by Crippen LogP contribution is -2.47. The molecule has 150 valence electrons. The second-order valence-electron chi connectivity index (χ2n) is 6.84. The third-order valence-electron chi connectivity index (χ3n) is 4.90. The van der Waals surface area contributed by atoms with E-state index in [0.29, 0.717) is 13.2 Å². The molecule has 0 bridgehead atoms. The van der Waals surface area contributed by atoms with Gasteiger partial charge in [-0.15, -0.1) is 0 Å². The van der Waals surface area contributed by atoms with Crippen LogP contribution in [0.1, 0.15) is 25.7 Å². The topological polar surface area (TPSA) is 84.9 Å². The zero-order chi connectivity index (χ0) is 19.4. The molecule has 2 fully saturated rings. The van der Waals surface area contributed by atoms with Gasteiger partial charge < -0.3 is 14.4 Å². The van der Waals surface area contributed by atoms with E-state index >= 15 is 0 Å². The predicted octanol–water partition coefficient (Wildman–Crippen LogP) is 1.53. The van der Waals surface area contributed by atoms with Crippen LogP contribution >= 0.6 is 0 Å². The van der Waals surface area contributed by atoms with Crippen molar-refractivity contribution in [2.75, 3.05) is 33.4 Å². The monoisotopic (exact) mass is 400 g/mol. The van der Waals surface area contributed by atoms with Gasteiger partial charge in [-0.25, -0.2) is 17.5 Å². The number of nitrogens with one attached hydrogen (secondary N) is 1. The maximum Gasteiger partial charge on any atom is 0.244 e. The van der Waals surface area contributed by atoms with Gasteiger partial charge in [0, 0.05) is 38.3 Å². The number of carbonyl (C=O) groups is 1. The van der Waals surface area contributed by atoms with Crippen molar-refractivity contribution < 1.29 is 27.1 Å². The summed E-state index contributed by atoms with van der Waals surface area (Å²) in [5.74, 6) is -0.444. The van der Waals surface area contributed by atoms with E-state index in [1.54, 1.807) is 4.90 Å². The first-order chi connectivity index (χ1) is 12.9. The smallest absolute Gasteiger partial charge is 0.244 e. The summed E-state index contributed by atoms with van der Waals surface area (Å²) in [7, 11) is -2.63. The summed E-state index contributed by atoms with van der Waals surface area (Å²) in [6, 6.07) is 3.40. The summed E-state index contributed by atoms with van der Waals surface area (Å²) >= 11 is 0. The molecule has 1 aromatic rings. The van der Waals surface area contributed by atoms with Crippen LogP contribution in [0.2, 0.25) is 0 Å². The van der Waals surface area contributed by atoms with Gasteiger partial charge in [0.1, 0.15) is 16.5 Å². The molecule has 0 radical (unpaired) electrons. The molecule has 1 saturated carbocycles. The summed E-state index contributed by atoms with van der Waals surface area (Å²) in [4.78, 5) is 14.1. The second-order valence-corrected chi connectivity index (χ2v) is 8.58. The van der Waals surface area contributed by atoms with Crippen LogP contribution in [0.25, 0.3) is 0 Å². The number of rotatable bonds is 8. The lowest BCUT2D eigenvalue weighted by molar-refractivity contribution is -0.136. The number of carbonyl (C=O) groups excluding carboxylic acids is 1. The second kappa shape index (κ2) is 8.53. The highest BCUT2D eigenvalue weighted by molar-refractivity contribution is 7.89. The Morgan fingerprint density at radius 3 is 2.63 bits per heavy atom. The van der Waals surface area contributed by atoms with Crippen LogP contribution in [-0.4, -0.2) is 58.7 Å². The van der Waals surface area contributed by atoms with Crippen molar-refractivity contribution in [3.8, 4) is 5.75 Å². The number of ether oxygens (including phenoxy) is 2. The number of methoxy groups -OCH3 is 1. The summed E-state index contributed by atoms with van der Waals surface area (Å²) in [6.45, 7) is 1.53. The van der Waals surface area contributed by atoms with E-state index in [2.05, 4.69) is 4.72 Å². The molecule has 1 heterocycles. The molecule has 27 heavy (non-hydrogen) atoms. The van der Waals surface area contributed by atoms with Gasteiger partial charge in [-0.1, -0.05) is 0 Å². The molecule has 7 nitrogen and oxygen atoms in total. The molecule has 1 N–H and O–H groups in total. The number of nitrogens with zero attached hydrogens (tertiary/aromatic N) is 1. The molecule has 1 aromatic carbocycles. The molecule has 0 unspecified atom stereocenters. The van der Waals surface area contributed by atoms with Crippen LogP contribution in [0.4, 0.5) is 4.39 Å². The highest BCUT2D eigenvalue weighted by Crippen LogP contribution is 2.32. The Bertz CT molecular complexity index is 776. The normalized spacial score (nSPS) is 18.3. The van der Waals surface area contributed by atoms with Gasteiger partial charge in [0.25, 0.3) is 0 Å². The minimum absolute atomic E-state index is 0.0534. The minimum atomic E-state index is -3.96. The van der Waals surface area contributed by atoms with Crippen molar-refractivity contribution in [1.82, 2.24) is 9.62 Å². The highest BCUT2D eigenvalue weighted by Gasteiger charge is 2.36. The van der Waals surface area contributed by atoms with Crippen LogP contribution < -0.4 is 9.46 Å². The van der Waals surface area contributed by atoms with E-state index in [1.165, 1.54) is 13.2 Å². The van der Waals surface area contributed by atoms with Crippen molar-refractivity contribution >= 4 is 15.9 Å². The zero-order valence-electron chi connectivity index (χ0n) is 15.3. The third-order valence-corrected chi connectivity index (χ3v) is 6.38. The first kappa shape index (κ1) is 20.0. The van der Waals surface area contributed by atoms with Crippen LogP contribution in [0, 0.1) is 11.7 Å². The van der Waals surface area contributed by atoms with E-state index in [4.69, 9.17) is 9.47 Å². The van der Waals surface area contributed by atoms with Gasteiger partial charge >= 0.3 is 0 Å². The summed E-state index contributed by atoms with van der Waals surface area (Å²) < 4.78 is 51.5. The molecule has 1 aliphatic heterocycles. The Kier molecular flexibility index (Phi) is 6.33. The Hall–Kier alpha value is -1.71. The Morgan fingerprint density at radius 2 is 2.00 bits per heavy atom. The van der Waals surface area contributed by atoms with Gasteiger partial charge in [0.15, 0.2) is 0 Å². The summed E-state index contributed by atoms with van der Waals surface area (Å²) in [5, 5.41) is 0. The zero-order valence-corrected chi connectivity index (χ0v) is 16.1. The Labute approximate surface area is 158 Å². The molecule has 9 heteroatoms. The SMILES string of the molecule is COc1ccc(F)cc1S(=O)(=O)NCCN(C(=O)C1CC1)C1CCOCC1. The van der Waals surface area contributed by atoms with E-state index < -0.39 is 15.8 Å². The number of hydrogen-bond donors (Lipinski definition) is 1. The van der Waals surface area contributed by atoms with Crippen molar-refractivity contribution in [2.24, 2.45) is 5.92 Å². The fraction of sp³-hybridized carbons (Fsp3) is 0.611. The van der Waals surface area contributed by atoms with Crippen LogP contribution in [0.15, 0.2) is 23.1 Å². The first-order valence-corrected chi connectivity index (χ1v) is 10.6. The molecule has 1 saturated heterocycles. The van der Waals surface area contributed by atoms with Gasteiger partial charge in [-0.05, 0) is 43.9 Å². The maximum atomic E-state index is 13.5. The van der Waals surface area contributed by atoms with Gasteiger partial charge in [-0.3, -0.25) is 4.79 Å². The predicted molar refractivity (Wildman–Crippen MR) is 96.4 cm³/mol. The van der Waals surface area contributed by atoms with Crippen molar-refractivity contribution in [1.29, 1.82) is 0 Å². The van der Waals surface area contributed by atoms with Crippen LogP contribution in [0.3, 0.4) is 0 Å². The summed E-state index contributed by atoms with van der Waals surface area (Å²) in [5.41, 5.74) is 0. The minimum Gasteiger partial charge on any atom is -0.495 e. The molecule has 1 aliphatic carbocycles. The maximum absolute atomic E-state index is 13.5. The molecule has 0 spiro atoms. The van der Waals surface area contributed by atoms with E-state index in [1.807, 2.05) is 0 Å². The van der Waals surface area contributed by atoms with Gasteiger partial charge in [0.05, 0.1) is 7.11 Å². The molecular formula is C18H25FN2O5S. The summed E-state index contributed by atoms with van der Waals surface area (Å²) in [6.07, 6.45) is 3.29. The molecule has 1 amide bonds. The standard InChI is InChI=1S/C18H25FN2O5S/c1-25-16-5-4-14(19)12-17(16)27(23,24)20-8-9-21(18(22)13-2-3-13)15-6-10-26-11-7-15/h4-5,12-13,15,20H,2-3,6-11H2,1H3. The number of benzene rings is 1. The number of hydrogen-bond acceptors (Lipinski definition) is 5. The van der Waals surface area contributed by atoms with Gasteiger partial charge in [-0.2, -0.15) is 0 Å². The number of sulfonamides is 1. The van der Waals surface area contributed by atoms with Crippen LogP contribution in [-0.2, 0) is 19.6 Å². The first-order valence-electron chi connectivity index (χ1n) is 9.14. The molecule has 2 aliphatic rings. The Morgan fingerprint density at radius 1 is 1.30 bits per heavy atom. The third kappa shape index (κ3) is 4.97. The quantitative estimate of drug-likeness (QED) is 0.715. The molecule has 0 atom stereocenters. The van der Waals surface area contributed by atoms with Crippen LogP contribution in [0.5, 0.6) is 5.75 Å². The lowest BCUT2D eigenvalue weighted by Gasteiger charge is -2.34. The largest absolute Gasteiger partial charge is 0.495 e. The molecule has 3 rings (SSSR count). The van der Waals surface area contributed by atoms with Crippen molar-refractivity contribution in [3.05, 3.63) is 24.0 Å². The highest BCUT2D eigenvalue weighted by atomic mass is 32.2. The fourth-order valence-corrected chi connectivity index (χ4v) is 4.47. The van der Waals surface area contributed by atoms with Crippen molar-refractivity contribution in [3.63, 3.8) is 0 Å². The molecular weight excluding hydrogens is 375 g/mol. The Balaban J connectivity index is 1.66. The number of halogens is 1. The molecule has 0 aromatic heterocycles. The van der Waals surface area contributed by atoms with E-state index in [9.17, 15) is 17.6 Å². The fourth-order valence-electron chi connectivity index (χ4n) is 3.27. The average Bonchev–Trinajstić information content (AvgIpc) is 3.51. The van der Waals surface area contributed by atoms with E-state index in [-0.39, 0.29) is 41.6 Å². The van der Waals surface area contributed by atoms with Crippen molar-refractivity contribution in [2.45, 2.75) is 36.6 Å². The average molecular weight is 400 g/mol. The number of amides is 1. The van der Waals surface area contributed by atoms with E-state index in [0.717, 1.165) is 37.8 Å². The lowest BCUT2D eigenvalue weighted by atomic mass is 10.1. The van der Waals surface area contributed by atoms with Gasteiger partial charge in [0.2, 0.25) is 15.9 Å².